The molecular weight excluding hydrogens is 194 g/mol. The quantitative estimate of drug-likeness (QED) is 0.448. The minimum atomic E-state index is -0.582. The number of nitrogen functional groups attached to an aromatic ring is 1. The van der Waals surface area contributed by atoms with Crippen LogP contribution in [0.5, 0.6) is 0 Å². The molecule has 13 heavy (non-hydrogen) atoms. The molecule has 0 aromatic carbocycles. The Morgan fingerprint density at radius 1 is 1.77 bits per heavy atom. The fourth-order valence-electron chi connectivity index (χ4n) is 0.890. The second-order valence-corrected chi connectivity index (χ2v) is 2.61. The normalized spacial score (nSPS) is 9.62. The second kappa shape index (κ2) is 3.40. The average molecular weight is 200 g/mol. The number of nitrogens with zero attached hydrogens (tertiary/aromatic N) is 2. The average Bonchev–Trinajstić information content (AvgIpc) is 2.02. The molecule has 6 heteroatoms. The first kappa shape index (κ1) is 9.47. The van der Waals surface area contributed by atoms with Gasteiger partial charge in [0.05, 0.1) is 16.6 Å². The van der Waals surface area contributed by atoms with Crippen LogP contribution in [-0.4, -0.2) is 9.91 Å². The summed E-state index contributed by atoms with van der Waals surface area (Å²) in [6.07, 6.45) is 1.27. The van der Waals surface area contributed by atoms with Gasteiger partial charge < -0.3 is 5.73 Å². The van der Waals surface area contributed by atoms with E-state index in [-0.39, 0.29) is 22.2 Å². The van der Waals surface area contributed by atoms with Crippen LogP contribution < -0.4 is 5.73 Å². The molecule has 0 unspecified atom stereocenters. The highest BCUT2D eigenvalue weighted by molar-refractivity contribution is 6.29. The summed E-state index contributed by atoms with van der Waals surface area (Å²) >= 11 is 5.49. The molecule has 2 N–H and O–H groups in total. The van der Waals surface area contributed by atoms with Crippen molar-refractivity contribution in [3.63, 3.8) is 0 Å². The third-order valence-corrected chi connectivity index (χ3v) is 1.63. The van der Waals surface area contributed by atoms with Crippen LogP contribution in [0.15, 0.2) is 12.6 Å². The summed E-state index contributed by atoms with van der Waals surface area (Å²) in [6.45, 7) is 3.40. The Labute approximate surface area is 79.0 Å². The lowest BCUT2D eigenvalue weighted by molar-refractivity contribution is -0.385. The number of anilines is 1. The maximum Gasteiger partial charge on any atom is 0.283 e. The van der Waals surface area contributed by atoms with E-state index in [1.165, 1.54) is 6.08 Å². The van der Waals surface area contributed by atoms with E-state index < -0.39 is 4.92 Å². The third kappa shape index (κ3) is 1.75. The summed E-state index contributed by atoms with van der Waals surface area (Å²) < 4.78 is 0. The number of nitro groups is 1. The molecule has 0 spiro atoms. The van der Waals surface area contributed by atoms with Gasteiger partial charge in [-0.1, -0.05) is 24.3 Å². The van der Waals surface area contributed by atoms with Crippen LogP contribution in [0.1, 0.15) is 5.56 Å². The third-order valence-electron chi connectivity index (χ3n) is 1.44. The fourth-order valence-corrected chi connectivity index (χ4v) is 1.08. The topological polar surface area (TPSA) is 82.0 Å². The highest BCUT2D eigenvalue weighted by Crippen LogP contribution is 2.26. The van der Waals surface area contributed by atoms with Crippen LogP contribution in [0.2, 0.25) is 5.15 Å². The van der Waals surface area contributed by atoms with Gasteiger partial charge in [0.1, 0.15) is 11.0 Å². The lowest BCUT2D eigenvalue weighted by atomic mass is 10.2. The van der Waals surface area contributed by atoms with Gasteiger partial charge in [-0.15, -0.1) is 0 Å². The summed E-state index contributed by atoms with van der Waals surface area (Å²) in [6, 6.07) is 1.13. The van der Waals surface area contributed by atoms with E-state index in [9.17, 15) is 10.1 Å². The number of halogens is 1. The minimum absolute atomic E-state index is 0.00481. The van der Waals surface area contributed by atoms with Crippen molar-refractivity contribution < 1.29 is 4.92 Å². The first-order chi connectivity index (χ1) is 6.06. The number of hydrogen-bond donors (Lipinski definition) is 1. The summed E-state index contributed by atoms with van der Waals surface area (Å²) in [4.78, 5) is 13.6. The Morgan fingerprint density at radius 3 is 2.85 bits per heavy atom. The summed E-state index contributed by atoms with van der Waals surface area (Å²) in [5, 5.41) is 10.5. The van der Waals surface area contributed by atoms with Gasteiger partial charge in [-0.25, -0.2) is 4.98 Å². The molecule has 68 valence electrons. The molecule has 0 aliphatic carbocycles. The van der Waals surface area contributed by atoms with Crippen molar-refractivity contribution >= 4 is 29.2 Å². The maximum atomic E-state index is 10.5. The molecule has 0 amide bonds. The van der Waals surface area contributed by atoms with Gasteiger partial charge in [0, 0.05) is 0 Å². The largest absolute Gasteiger partial charge is 0.383 e. The molecule has 0 aliphatic rings. The van der Waals surface area contributed by atoms with Crippen molar-refractivity contribution in [3.05, 3.63) is 33.5 Å². The molecule has 0 saturated heterocycles. The van der Waals surface area contributed by atoms with E-state index in [2.05, 4.69) is 11.6 Å². The van der Waals surface area contributed by atoms with Crippen molar-refractivity contribution in [2.45, 2.75) is 0 Å². The summed E-state index contributed by atoms with van der Waals surface area (Å²) in [7, 11) is 0. The van der Waals surface area contributed by atoms with Gasteiger partial charge >= 0.3 is 0 Å². The van der Waals surface area contributed by atoms with Crippen molar-refractivity contribution in [2.24, 2.45) is 0 Å². The molecule has 1 rings (SSSR count). The maximum absolute atomic E-state index is 10.5. The van der Waals surface area contributed by atoms with E-state index in [1.807, 2.05) is 0 Å². The molecule has 0 radical (unpaired) electrons. The van der Waals surface area contributed by atoms with Gasteiger partial charge in [-0.3, -0.25) is 10.1 Å². The molecule has 0 saturated carbocycles. The lowest BCUT2D eigenvalue weighted by Gasteiger charge is -2.00. The van der Waals surface area contributed by atoms with Crippen molar-refractivity contribution in [1.82, 2.24) is 4.98 Å². The van der Waals surface area contributed by atoms with Crippen LogP contribution in [0.3, 0.4) is 0 Å². The van der Waals surface area contributed by atoms with Crippen LogP contribution >= 0.6 is 11.6 Å². The number of nitrogens with two attached hydrogens (primary N) is 1. The minimum Gasteiger partial charge on any atom is -0.383 e. The zero-order valence-electron chi connectivity index (χ0n) is 6.53. The van der Waals surface area contributed by atoms with E-state index in [1.54, 1.807) is 0 Å². The summed E-state index contributed by atoms with van der Waals surface area (Å²) in [5.74, 6) is 0.00852. The van der Waals surface area contributed by atoms with Crippen LogP contribution in [0, 0.1) is 10.1 Å². The molecule has 0 atom stereocenters. The van der Waals surface area contributed by atoms with E-state index in [0.29, 0.717) is 0 Å². The summed E-state index contributed by atoms with van der Waals surface area (Å²) in [5.41, 5.74) is 5.40. The van der Waals surface area contributed by atoms with E-state index in [4.69, 9.17) is 17.3 Å². The van der Waals surface area contributed by atoms with Crippen molar-refractivity contribution in [1.29, 1.82) is 0 Å². The molecule has 5 nitrogen and oxygen atoms in total. The van der Waals surface area contributed by atoms with Gasteiger partial charge in [0.2, 0.25) is 0 Å². The SMILES string of the molecule is C=Cc1c([N+](=O)[O-])cc(Cl)nc1N. The molecule has 0 aliphatic heterocycles. The highest BCUT2D eigenvalue weighted by atomic mass is 35.5. The van der Waals surface area contributed by atoms with Crippen LogP contribution in [0.25, 0.3) is 6.08 Å². The van der Waals surface area contributed by atoms with Crippen LogP contribution in [0.4, 0.5) is 11.5 Å². The predicted octanol–water partition coefficient (Wildman–Crippen LogP) is 1.87. The van der Waals surface area contributed by atoms with E-state index >= 15 is 0 Å². The van der Waals surface area contributed by atoms with Crippen LogP contribution in [-0.2, 0) is 0 Å². The molecule has 1 aromatic rings. The molecule has 0 bridgehead atoms. The van der Waals surface area contributed by atoms with E-state index in [0.717, 1.165) is 6.07 Å². The van der Waals surface area contributed by atoms with Gasteiger partial charge in [-0.05, 0) is 0 Å². The first-order valence-electron chi connectivity index (χ1n) is 3.29. The van der Waals surface area contributed by atoms with Crippen molar-refractivity contribution in [2.75, 3.05) is 5.73 Å². The lowest BCUT2D eigenvalue weighted by Crippen LogP contribution is -1.99. The van der Waals surface area contributed by atoms with Gasteiger partial charge in [-0.2, -0.15) is 0 Å². The number of rotatable bonds is 2. The van der Waals surface area contributed by atoms with Crippen molar-refractivity contribution in [3.8, 4) is 0 Å². The number of pyridine rings is 1. The monoisotopic (exact) mass is 199 g/mol. The second-order valence-electron chi connectivity index (χ2n) is 2.22. The zero-order valence-corrected chi connectivity index (χ0v) is 7.28. The Hall–Kier alpha value is -1.62. The predicted molar refractivity (Wildman–Crippen MR) is 50.4 cm³/mol. The Kier molecular flexibility index (Phi) is 2.48. The zero-order chi connectivity index (χ0) is 10.0. The first-order valence-corrected chi connectivity index (χ1v) is 3.67. The standard InChI is InChI=1S/C7H6ClN3O2/c1-2-4-5(11(12)13)3-6(8)10-7(4)9/h2-3H,1H2,(H2,9,10). The Morgan fingerprint density at radius 2 is 2.38 bits per heavy atom. The van der Waals surface area contributed by atoms with Gasteiger partial charge in [0.25, 0.3) is 5.69 Å². The molecular formula is C7H6ClN3O2. The molecule has 1 aromatic heterocycles. The Bertz CT molecular complexity index is 378. The number of hydrogen-bond acceptors (Lipinski definition) is 4. The number of aromatic nitrogens is 1. The highest BCUT2D eigenvalue weighted by Gasteiger charge is 2.16. The molecule has 0 fully saturated rings. The van der Waals surface area contributed by atoms with Gasteiger partial charge in [0.15, 0.2) is 0 Å². The molecule has 1 heterocycles. The Balaban J connectivity index is 3.46. The fraction of sp³-hybridized carbons (Fsp3) is 0. The smallest absolute Gasteiger partial charge is 0.283 e.